The van der Waals surface area contributed by atoms with Crippen LogP contribution in [0.25, 0.3) is 5.57 Å². The second-order valence-electron chi connectivity index (χ2n) is 5.92. The van der Waals surface area contributed by atoms with Crippen LogP contribution in [-0.2, 0) is 0 Å². The topological polar surface area (TPSA) is 0 Å². The maximum absolute atomic E-state index is 13.3. The van der Waals surface area contributed by atoms with Gasteiger partial charge in [-0.05, 0) is 11.1 Å². The van der Waals surface area contributed by atoms with Crippen LogP contribution in [0.3, 0.4) is 0 Å². The molecule has 0 aliphatic heterocycles. The van der Waals surface area contributed by atoms with Gasteiger partial charge < -0.3 is 0 Å². The van der Waals surface area contributed by atoms with Gasteiger partial charge in [0.15, 0.2) is 5.41 Å². The van der Waals surface area contributed by atoms with Crippen LogP contribution in [0.1, 0.15) is 12.0 Å². The number of halogens is 12. The summed E-state index contributed by atoms with van der Waals surface area (Å²) < 4.78 is 160. The summed E-state index contributed by atoms with van der Waals surface area (Å²) in [6.07, 6.45) is -28.4. The van der Waals surface area contributed by atoms with Crippen molar-refractivity contribution in [2.24, 2.45) is 5.41 Å². The standard InChI is InChI=1S/C16H8F12/c17-13(18,19)10-7-12(15(23,24)25,16(26,27)28)6-9(11(10)14(20,21)22)8-4-2-1-3-5-8/h1-6H,7H2. The fourth-order valence-corrected chi connectivity index (χ4v) is 2.84. The first-order valence-corrected chi connectivity index (χ1v) is 7.21. The normalized spacial score (nSPS) is 18.9. The largest absolute Gasteiger partial charge is 0.417 e. The van der Waals surface area contributed by atoms with Gasteiger partial charge >= 0.3 is 24.7 Å². The van der Waals surface area contributed by atoms with Crippen molar-refractivity contribution in [3.8, 4) is 0 Å². The highest BCUT2D eigenvalue weighted by molar-refractivity contribution is 5.83. The average Bonchev–Trinajstić information content (AvgIpc) is 2.50. The molecular weight excluding hydrogens is 420 g/mol. The van der Waals surface area contributed by atoms with E-state index in [1.165, 1.54) is 6.07 Å². The third-order valence-corrected chi connectivity index (χ3v) is 4.14. The maximum Gasteiger partial charge on any atom is 0.417 e. The van der Waals surface area contributed by atoms with Gasteiger partial charge in [-0.2, -0.15) is 52.7 Å². The summed E-state index contributed by atoms with van der Waals surface area (Å²) in [6, 6.07) is 4.49. The van der Waals surface area contributed by atoms with Crippen LogP contribution in [0.15, 0.2) is 47.6 Å². The first kappa shape index (κ1) is 22.2. The fraction of sp³-hybridized carbons (Fsp3) is 0.375. The van der Waals surface area contributed by atoms with Crippen LogP contribution in [0.2, 0.25) is 0 Å². The summed E-state index contributed by atoms with van der Waals surface area (Å²) in [5, 5.41) is 0. The van der Waals surface area contributed by atoms with E-state index in [0.29, 0.717) is 12.1 Å². The van der Waals surface area contributed by atoms with Crippen molar-refractivity contribution in [2.45, 2.75) is 31.1 Å². The Labute approximate surface area is 149 Å². The molecule has 0 saturated heterocycles. The van der Waals surface area contributed by atoms with Crippen molar-refractivity contribution in [1.82, 2.24) is 0 Å². The molecule has 0 heterocycles. The third kappa shape index (κ3) is 3.72. The Kier molecular flexibility index (Phi) is 5.10. The van der Waals surface area contributed by atoms with Crippen LogP contribution in [-0.4, -0.2) is 24.7 Å². The van der Waals surface area contributed by atoms with Crippen molar-refractivity contribution in [3.05, 3.63) is 53.1 Å². The molecule has 0 amide bonds. The summed E-state index contributed by atoms with van der Waals surface area (Å²) in [5.74, 6) is 0. The maximum atomic E-state index is 13.3. The van der Waals surface area contributed by atoms with Gasteiger partial charge in [0, 0.05) is 12.0 Å². The summed E-state index contributed by atoms with van der Waals surface area (Å²) in [5.41, 5.74) is -13.3. The van der Waals surface area contributed by atoms with E-state index >= 15 is 0 Å². The molecule has 0 saturated carbocycles. The van der Waals surface area contributed by atoms with Gasteiger partial charge in [-0.25, -0.2) is 0 Å². The van der Waals surface area contributed by atoms with Gasteiger partial charge in [0.05, 0.1) is 5.57 Å². The highest BCUT2D eigenvalue weighted by atomic mass is 19.4. The van der Waals surface area contributed by atoms with Gasteiger partial charge in [-0.15, -0.1) is 0 Å². The molecule has 0 unspecified atom stereocenters. The van der Waals surface area contributed by atoms with Crippen LogP contribution < -0.4 is 0 Å². The molecule has 28 heavy (non-hydrogen) atoms. The molecule has 1 aromatic carbocycles. The molecule has 0 spiro atoms. The van der Waals surface area contributed by atoms with Gasteiger partial charge in [0.2, 0.25) is 0 Å². The molecule has 0 fully saturated rings. The lowest BCUT2D eigenvalue weighted by Gasteiger charge is -2.40. The fourth-order valence-electron chi connectivity index (χ4n) is 2.84. The molecule has 1 aliphatic rings. The molecule has 12 heteroatoms. The number of benzene rings is 1. The molecule has 0 radical (unpaired) electrons. The number of hydrogen-bond acceptors (Lipinski definition) is 0. The van der Waals surface area contributed by atoms with E-state index in [9.17, 15) is 52.7 Å². The van der Waals surface area contributed by atoms with E-state index in [0.717, 1.165) is 12.1 Å². The SMILES string of the molecule is FC(F)(F)C1=C(C(F)(F)F)C(c2ccccc2)=CC(C(F)(F)F)(C(F)(F)F)C1. The summed E-state index contributed by atoms with van der Waals surface area (Å²) in [6.45, 7) is 0. The molecule has 2 rings (SSSR count). The monoisotopic (exact) mass is 428 g/mol. The van der Waals surface area contributed by atoms with Gasteiger partial charge in [-0.3, -0.25) is 0 Å². The van der Waals surface area contributed by atoms with Crippen molar-refractivity contribution >= 4 is 5.57 Å². The van der Waals surface area contributed by atoms with Crippen molar-refractivity contribution in [2.75, 3.05) is 0 Å². The Bertz CT molecular complexity index is 770. The molecular formula is C16H8F12. The lowest BCUT2D eigenvalue weighted by molar-refractivity contribution is -0.323. The second-order valence-corrected chi connectivity index (χ2v) is 5.92. The lowest BCUT2D eigenvalue weighted by atomic mass is 9.70. The molecule has 156 valence electrons. The van der Waals surface area contributed by atoms with Crippen LogP contribution >= 0.6 is 0 Å². The summed E-state index contributed by atoms with van der Waals surface area (Å²) in [4.78, 5) is 0. The lowest BCUT2D eigenvalue weighted by Crippen LogP contribution is -2.51. The smallest absolute Gasteiger partial charge is 0.170 e. The third-order valence-electron chi connectivity index (χ3n) is 4.14. The second kappa shape index (κ2) is 6.45. The van der Waals surface area contributed by atoms with Gasteiger partial charge in [0.1, 0.15) is 0 Å². The minimum Gasteiger partial charge on any atom is -0.170 e. The Balaban J connectivity index is 3.00. The van der Waals surface area contributed by atoms with E-state index in [1.807, 2.05) is 0 Å². The van der Waals surface area contributed by atoms with Gasteiger partial charge in [0.25, 0.3) is 0 Å². The van der Waals surface area contributed by atoms with Crippen molar-refractivity contribution in [3.63, 3.8) is 0 Å². The highest BCUT2D eigenvalue weighted by Crippen LogP contribution is 2.62. The number of rotatable bonds is 1. The average molecular weight is 428 g/mol. The van der Waals surface area contributed by atoms with Gasteiger partial charge in [-0.1, -0.05) is 36.4 Å². The minimum absolute atomic E-state index is 0.689. The predicted molar refractivity (Wildman–Crippen MR) is 72.7 cm³/mol. The minimum atomic E-state index is -6.33. The Hall–Kier alpha value is -2.14. The van der Waals surface area contributed by atoms with E-state index in [4.69, 9.17) is 0 Å². The molecule has 0 bridgehead atoms. The van der Waals surface area contributed by atoms with Crippen LogP contribution in [0.5, 0.6) is 0 Å². The van der Waals surface area contributed by atoms with Crippen LogP contribution in [0, 0.1) is 5.41 Å². The Morgan fingerprint density at radius 1 is 0.643 bits per heavy atom. The predicted octanol–water partition coefficient (Wildman–Crippen LogP) is 7.01. The molecule has 0 N–H and O–H groups in total. The summed E-state index contributed by atoms with van der Waals surface area (Å²) in [7, 11) is 0. The first-order chi connectivity index (χ1) is 12.4. The van der Waals surface area contributed by atoms with Crippen molar-refractivity contribution in [1.29, 1.82) is 0 Å². The Morgan fingerprint density at radius 2 is 1.11 bits per heavy atom. The number of allylic oxidation sites excluding steroid dienone is 4. The molecule has 0 atom stereocenters. The zero-order valence-electron chi connectivity index (χ0n) is 13.2. The Morgan fingerprint density at radius 3 is 1.46 bits per heavy atom. The quantitative estimate of drug-likeness (QED) is 0.423. The van der Waals surface area contributed by atoms with E-state index < -0.39 is 64.9 Å². The first-order valence-electron chi connectivity index (χ1n) is 7.21. The molecule has 1 aliphatic carbocycles. The number of alkyl halides is 12. The van der Waals surface area contributed by atoms with E-state index in [-0.39, 0.29) is 0 Å². The zero-order chi connectivity index (χ0) is 21.8. The molecule has 1 aromatic rings. The molecule has 0 aromatic heterocycles. The summed E-state index contributed by atoms with van der Waals surface area (Å²) >= 11 is 0. The van der Waals surface area contributed by atoms with E-state index in [1.54, 1.807) is 0 Å². The van der Waals surface area contributed by atoms with E-state index in [2.05, 4.69) is 0 Å². The zero-order valence-corrected chi connectivity index (χ0v) is 13.2. The molecule has 0 nitrogen and oxygen atoms in total. The van der Waals surface area contributed by atoms with Crippen LogP contribution in [0.4, 0.5) is 52.7 Å². The highest BCUT2D eigenvalue weighted by Gasteiger charge is 2.72. The number of hydrogen-bond donors (Lipinski definition) is 0. The van der Waals surface area contributed by atoms with Crippen molar-refractivity contribution < 1.29 is 52.7 Å².